The van der Waals surface area contributed by atoms with E-state index in [1.54, 1.807) is 34.1 Å². The molecule has 1 amide bonds. The third-order valence-electron chi connectivity index (χ3n) is 3.59. The zero-order valence-electron chi connectivity index (χ0n) is 12.2. The molecule has 1 aliphatic rings. The van der Waals surface area contributed by atoms with E-state index in [9.17, 15) is 4.79 Å². The van der Waals surface area contributed by atoms with Crippen molar-refractivity contribution in [3.8, 4) is 0 Å². The van der Waals surface area contributed by atoms with Crippen molar-refractivity contribution in [2.75, 3.05) is 4.90 Å². The standard InChI is InChI=1S/C19H13NOS2/c21-19(12-11-14-6-5-13-22-14)20-15-7-1-3-9-17(15)23-18-10-4-2-8-16(18)20/h1-13H/b12-11+. The maximum absolute atomic E-state index is 12.9. The average molecular weight is 335 g/mol. The first-order valence-electron chi connectivity index (χ1n) is 7.24. The van der Waals surface area contributed by atoms with Gasteiger partial charge in [-0.25, -0.2) is 0 Å². The Morgan fingerprint density at radius 3 is 2.13 bits per heavy atom. The summed E-state index contributed by atoms with van der Waals surface area (Å²) in [7, 11) is 0. The number of rotatable bonds is 2. The lowest BCUT2D eigenvalue weighted by Crippen LogP contribution is -2.26. The van der Waals surface area contributed by atoms with E-state index < -0.39 is 0 Å². The van der Waals surface area contributed by atoms with Gasteiger partial charge in [-0.1, -0.05) is 42.1 Å². The first-order valence-corrected chi connectivity index (χ1v) is 8.94. The molecule has 0 saturated carbocycles. The number of hydrogen-bond donors (Lipinski definition) is 0. The molecule has 1 aromatic heterocycles. The van der Waals surface area contributed by atoms with Crippen molar-refractivity contribution in [2.24, 2.45) is 0 Å². The number of nitrogens with zero attached hydrogens (tertiary/aromatic N) is 1. The van der Waals surface area contributed by atoms with Gasteiger partial charge in [0.1, 0.15) is 0 Å². The molecule has 2 aromatic carbocycles. The molecule has 2 nitrogen and oxygen atoms in total. The van der Waals surface area contributed by atoms with Crippen LogP contribution in [-0.4, -0.2) is 5.91 Å². The van der Waals surface area contributed by atoms with Crippen LogP contribution in [0.15, 0.2) is 81.9 Å². The summed E-state index contributed by atoms with van der Waals surface area (Å²) in [6.45, 7) is 0. The molecular formula is C19H13NOS2. The van der Waals surface area contributed by atoms with Gasteiger partial charge >= 0.3 is 0 Å². The Hall–Kier alpha value is -2.30. The van der Waals surface area contributed by atoms with E-state index in [1.807, 2.05) is 60.0 Å². The van der Waals surface area contributed by atoms with Crippen molar-refractivity contribution in [3.63, 3.8) is 0 Å². The SMILES string of the molecule is O=C(/C=C/c1cccs1)N1c2ccccc2Sc2ccccc21. The zero-order chi connectivity index (χ0) is 15.6. The van der Waals surface area contributed by atoms with Crippen molar-refractivity contribution in [2.45, 2.75) is 9.79 Å². The van der Waals surface area contributed by atoms with Gasteiger partial charge in [0.25, 0.3) is 5.91 Å². The molecule has 4 rings (SSSR count). The Balaban J connectivity index is 1.76. The highest BCUT2D eigenvalue weighted by Gasteiger charge is 2.26. The second-order valence-electron chi connectivity index (χ2n) is 5.06. The van der Waals surface area contributed by atoms with Gasteiger partial charge in [0, 0.05) is 20.7 Å². The summed E-state index contributed by atoms with van der Waals surface area (Å²) < 4.78 is 0. The summed E-state index contributed by atoms with van der Waals surface area (Å²) in [4.78, 5) is 17.9. The number of fused-ring (bicyclic) bond motifs is 2. The Bertz CT molecular complexity index is 838. The summed E-state index contributed by atoms with van der Waals surface area (Å²) in [5.41, 5.74) is 1.88. The van der Waals surface area contributed by atoms with E-state index in [0.29, 0.717) is 0 Å². The largest absolute Gasteiger partial charge is 0.275 e. The monoisotopic (exact) mass is 335 g/mol. The smallest absolute Gasteiger partial charge is 0.255 e. The second-order valence-corrected chi connectivity index (χ2v) is 7.12. The van der Waals surface area contributed by atoms with Crippen LogP contribution in [0.1, 0.15) is 4.88 Å². The zero-order valence-corrected chi connectivity index (χ0v) is 13.8. The van der Waals surface area contributed by atoms with Crippen LogP contribution in [0, 0.1) is 0 Å². The maximum atomic E-state index is 12.9. The highest BCUT2D eigenvalue weighted by atomic mass is 32.2. The quantitative estimate of drug-likeness (QED) is 0.569. The fraction of sp³-hybridized carbons (Fsp3) is 0. The lowest BCUT2D eigenvalue weighted by Gasteiger charge is -2.30. The van der Waals surface area contributed by atoms with Crippen molar-refractivity contribution < 1.29 is 4.79 Å². The van der Waals surface area contributed by atoms with E-state index in [0.717, 1.165) is 26.0 Å². The molecule has 0 N–H and O–H groups in total. The third kappa shape index (κ3) is 2.71. The summed E-state index contributed by atoms with van der Waals surface area (Å²) in [6, 6.07) is 20.0. The van der Waals surface area contributed by atoms with Gasteiger partial charge in [-0.15, -0.1) is 11.3 Å². The number of para-hydroxylation sites is 2. The lowest BCUT2D eigenvalue weighted by molar-refractivity contribution is -0.113. The van der Waals surface area contributed by atoms with Gasteiger partial charge < -0.3 is 0 Å². The van der Waals surface area contributed by atoms with Gasteiger partial charge in [-0.3, -0.25) is 9.69 Å². The fourth-order valence-electron chi connectivity index (χ4n) is 2.56. The fourth-order valence-corrected chi connectivity index (χ4v) is 4.23. The maximum Gasteiger partial charge on any atom is 0.255 e. The Morgan fingerprint density at radius 2 is 1.52 bits per heavy atom. The summed E-state index contributed by atoms with van der Waals surface area (Å²) >= 11 is 3.32. The minimum Gasteiger partial charge on any atom is -0.275 e. The molecule has 0 bridgehead atoms. The lowest BCUT2D eigenvalue weighted by atomic mass is 10.2. The summed E-state index contributed by atoms with van der Waals surface area (Å²) in [5, 5.41) is 2.01. The Morgan fingerprint density at radius 1 is 0.870 bits per heavy atom. The number of anilines is 2. The molecule has 0 fully saturated rings. The summed E-state index contributed by atoms with van der Waals surface area (Å²) in [5.74, 6) is -0.0291. The van der Waals surface area contributed by atoms with Gasteiger partial charge in [0.05, 0.1) is 11.4 Å². The van der Waals surface area contributed by atoms with E-state index >= 15 is 0 Å². The second kappa shape index (κ2) is 6.07. The highest BCUT2D eigenvalue weighted by molar-refractivity contribution is 7.99. The normalized spacial score (nSPS) is 13.0. The first-order chi connectivity index (χ1) is 11.3. The number of carbonyl (C=O) groups excluding carboxylic acids is 1. The van der Waals surface area contributed by atoms with Crippen LogP contribution < -0.4 is 4.90 Å². The van der Waals surface area contributed by atoms with Crippen LogP contribution in [0.3, 0.4) is 0 Å². The highest BCUT2D eigenvalue weighted by Crippen LogP contribution is 2.47. The van der Waals surface area contributed by atoms with E-state index in [1.165, 1.54) is 0 Å². The van der Waals surface area contributed by atoms with E-state index in [2.05, 4.69) is 12.1 Å². The molecule has 2 heterocycles. The molecule has 0 aliphatic carbocycles. The van der Waals surface area contributed by atoms with Crippen LogP contribution in [-0.2, 0) is 4.79 Å². The third-order valence-corrected chi connectivity index (χ3v) is 5.55. The van der Waals surface area contributed by atoms with E-state index in [-0.39, 0.29) is 5.91 Å². The minimum absolute atomic E-state index is 0.0291. The number of benzene rings is 2. The number of carbonyl (C=O) groups is 1. The molecule has 0 unspecified atom stereocenters. The summed E-state index contributed by atoms with van der Waals surface area (Å²) in [6.07, 6.45) is 3.52. The van der Waals surface area contributed by atoms with Crippen LogP contribution >= 0.6 is 23.1 Å². The Kier molecular flexibility index (Phi) is 3.77. The van der Waals surface area contributed by atoms with Crippen molar-refractivity contribution >= 4 is 46.5 Å². The molecule has 0 radical (unpaired) electrons. The number of hydrogen-bond acceptors (Lipinski definition) is 3. The van der Waals surface area contributed by atoms with Crippen molar-refractivity contribution in [3.05, 3.63) is 77.0 Å². The van der Waals surface area contributed by atoms with Crippen LogP contribution in [0.25, 0.3) is 6.08 Å². The predicted molar refractivity (Wildman–Crippen MR) is 97.5 cm³/mol. The van der Waals surface area contributed by atoms with Gasteiger partial charge in [0.2, 0.25) is 0 Å². The van der Waals surface area contributed by atoms with Gasteiger partial charge in [-0.05, 0) is 41.8 Å². The molecule has 112 valence electrons. The molecule has 4 heteroatoms. The molecule has 0 saturated heterocycles. The van der Waals surface area contributed by atoms with Crippen LogP contribution in [0.5, 0.6) is 0 Å². The topological polar surface area (TPSA) is 20.3 Å². The van der Waals surface area contributed by atoms with Crippen LogP contribution in [0.4, 0.5) is 11.4 Å². The minimum atomic E-state index is -0.0291. The predicted octanol–water partition coefficient (Wildman–Crippen LogP) is 5.59. The number of amides is 1. The van der Waals surface area contributed by atoms with Crippen LogP contribution in [0.2, 0.25) is 0 Å². The van der Waals surface area contributed by atoms with Gasteiger partial charge in [0.15, 0.2) is 0 Å². The molecule has 3 aromatic rings. The number of thiophene rings is 1. The van der Waals surface area contributed by atoms with Crippen molar-refractivity contribution in [1.82, 2.24) is 0 Å². The molecule has 0 spiro atoms. The first kappa shape index (κ1) is 14.3. The molecule has 1 aliphatic heterocycles. The van der Waals surface area contributed by atoms with Crippen molar-refractivity contribution in [1.29, 1.82) is 0 Å². The van der Waals surface area contributed by atoms with E-state index in [4.69, 9.17) is 0 Å². The Labute approximate surface area is 143 Å². The molecule has 0 atom stereocenters. The molecule has 23 heavy (non-hydrogen) atoms. The molecular weight excluding hydrogens is 322 g/mol. The average Bonchev–Trinajstić information content (AvgIpc) is 3.11. The van der Waals surface area contributed by atoms with Gasteiger partial charge in [-0.2, -0.15) is 0 Å².